The summed E-state index contributed by atoms with van der Waals surface area (Å²) >= 11 is 0. The molecule has 9 heteroatoms. The largest absolute Gasteiger partial charge is 0.494 e. The molecule has 1 aliphatic heterocycles. The zero-order chi connectivity index (χ0) is 23.8. The monoisotopic (exact) mass is 467 g/mol. The summed E-state index contributed by atoms with van der Waals surface area (Å²) < 4.78 is 41.5. The van der Waals surface area contributed by atoms with E-state index in [1.54, 1.807) is 0 Å². The Morgan fingerprint density at radius 1 is 1.00 bits per heavy atom. The minimum absolute atomic E-state index is 0.0556. The molecule has 0 saturated heterocycles. The number of fused-ring (bicyclic) bond motifs is 1. The van der Waals surface area contributed by atoms with Crippen LogP contribution >= 0.6 is 0 Å². The summed E-state index contributed by atoms with van der Waals surface area (Å²) in [6, 6.07) is 9.24. The predicted octanol–water partition coefficient (Wildman–Crippen LogP) is 5.38. The molecule has 0 bridgehead atoms. The minimum atomic E-state index is -4.47. The Morgan fingerprint density at radius 2 is 1.76 bits per heavy atom. The van der Waals surface area contributed by atoms with E-state index in [2.05, 4.69) is 9.97 Å². The van der Waals surface area contributed by atoms with Gasteiger partial charge in [-0.2, -0.15) is 13.2 Å². The molecule has 34 heavy (non-hydrogen) atoms. The van der Waals surface area contributed by atoms with E-state index in [1.165, 1.54) is 12.3 Å². The first-order valence-electron chi connectivity index (χ1n) is 10.8. The molecule has 0 spiro atoms. The molecule has 6 nitrogen and oxygen atoms in total. The van der Waals surface area contributed by atoms with Crippen molar-refractivity contribution in [2.45, 2.75) is 19.1 Å². The third-order valence-electron chi connectivity index (χ3n) is 6.71. The molecule has 4 heterocycles. The van der Waals surface area contributed by atoms with Crippen LogP contribution in [0.1, 0.15) is 11.1 Å². The number of aliphatic hydroxyl groups excluding tert-OH is 1. The highest BCUT2D eigenvalue weighted by Crippen LogP contribution is 2.49. The van der Waals surface area contributed by atoms with Crippen LogP contribution in [0.2, 0.25) is 0 Å². The number of hydrogen-bond acceptors (Lipinski definition) is 3. The fraction of sp³-hybridized carbons (Fsp3) is 0.200. The van der Waals surface area contributed by atoms with Gasteiger partial charge < -0.3 is 24.9 Å². The lowest BCUT2D eigenvalue weighted by Crippen LogP contribution is -2.21. The highest BCUT2D eigenvalue weighted by Gasteiger charge is 2.32. The molecular weight excluding hydrogens is 447 g/mol. The summed E-state index contributed by atoms with van der Waals surface area (Å²) in [6.45, 7) is 0.670. The molecule has 1 aliphatic rings. The van der Waals surface area contributed by atoms with Crippen molar-refractivity contribution in [3.05, 3.63) is 59.9 Å². The smallest absolute Gasteiger partial charge is 0.416 e. The number of benzene rings is 2. The number of aromatic nitrogens is 3. The van der Waals surface area contributed by atoms with Crippen LogP contribution in [0.4, 0.5) is 13.2 Å². The molecule has 1 atom stereocenters. The van der Waals surface area contributed by atoms with Crippen molar-refractivity contribution < 1.29 is 28.5 Å². The van der Waals surface area contributed by atoms with Crippen molar-refractivity contribution in [3.63, 3.8) is 0 Å². The van der Waals surface area contributed by atoms with Crippen molar-refractivity contribution in [2.75, 3.05) is 6.61 Å². The number of hydrogen-bond donors (Lipinski definition) is 5. The van der Waals surface area contributed by atoms with Crippen LogP contribution in [0.15, 0.2) is 48.8 Å². The van der Waals surface area contributed by atoms with Crippen molar-refractivity contribution in [3.8, 4) is 34.0 Å². The molecule has 0 saturated carbocycles. The maximum Gasteiger partial charge on any atom is 0.416 e. The average molecular weight is 467 g/mol. The number of para-hydroxylation sites is 1. The third kappa shape index (κ3) is 2.93. The number of halogens is 3. The molecule has 1 unspecified atom stereocenters. The van der Waals surface area contributed by atoms with E-state index in [1.807, 2.05) is 29.0 Å². The second-order valence-corrected chi connectivity index (χ2v) is 8.79. The molecule has 0 amide bonds. The van der Waals surface area contributed by atoms with E-state index in [0.29, 0.717) is 34.2 Å². The summed E-state index contributed by atoms with van der Waals surface area (Å²) in [5, 5.41) is 32.6. The summed E-state index contributed by atoms with van der Waals surface area (Å²) in [7, 11) is 0. The molecule has 0 aliphatic carbocycles. The fourth-order valence-electron chi connectivity index (χ4n) is 5.23. The normalized spacial score (nSPS) is 16.1. The maximum absolute atomic E-state index is 13.2. The summed E-state index contributed by atoms with van der Waals surface area (Å²) in [4.78, 5) is 5.43. The van der Waals surface area contributed by atoms with Crippen LogP contribution in [0.3, 0.4) is 0 Å². The summed E-state index contributed by atoms with van der Waals surface area (Å²) in [6.07, 6.45) is -0.324. The highest BCUT2D eigenvalue weighted by molar-refractivity contribution is 6.08. The number of nitrogens with zero attached hydrogens (tertiary/aromatic N) is 1. The van der Waals surface area contributed by atoms with Gasteiger partial charge in [-0.3, -0.25) is 4.98 Å². The molecular formula is C25H20F3N3O3. The van der Waals surface area contributed by atoms with Gasteiger partial charge in [0.1, 0.15) is 0 Å². The number of aromatic hydroxyl groups is 2. The Labute approximate surface area is 190 Å². The Balaban J connectivity index is 1.58. The van der Waals surface area contributed by atoms with Gasteiger partial charge in [0.2, 0.25) is 0 Å². The van der Waals surface area contributed by atoms with Crippen LogP contribution < -0.4 is 0 Å². The van der Waals surface area contributed by atoms with Crippen molar-refractivity contribution in [1.29, 1.82) is 0 Å². The lowest BCUT2D eigenvalue weighted by Gasteiger charge is -2.22. The van der Waals surface area contributed by atoms with Gasteiger partial charge in [-0.1, -0.05) is 24.3 Å². The average Bonchev–Trinajstić information content (AvgIpc) is 3.46. The minimum Gasteiger partial charge on any atom is -0.494 e. The SMILES string of the molecule is OCC1Cc2cccc3c(-c4c(O)[nH]c(O)c4-c4c[nH]c5cc(C(F)(F)F)ccc45)cn(c23)C1. The van der Waals surface area contributed by atoms with Crippen LogP contribution in [0.25, 0.3) is 44.1 Å². The zero-order valence-corrected chi connectivity index (χ0v) is 17.7. The van der Waals surface area contributed by atoms with Gasteiger partial charge in [-0.25, -0.2) is 0 Å². The lowest BCUT2D eigenvalue weighted by atomic mass is 9.93. The lowest BCUT2D eigenvalue weighted by molar-refractivity contribution is -0.137. The highest BCUT2D eigenvalue weighted by atomic mass is 19.4. The summed E-state index contributed by atoms with van der Waals surface area (Å²) in [5.74, 6) is -0.452. The maximum atomic E-state index is 13.2. The van der Waals surface area contributed by atoms with Crippen LogP contribution in [0.5, 0.6) is 11.8 Å². The molecule has 6 rings (SSSR count). The van der Waals surface area contributed by atoms with Gasteiger partial charge in [0.05, 0.1) is 22.2 Å². The second-order valence-electron chi connectivity index (χ2n) is 8.79. The van der Waals surface area contributed by atoms with E-state index in [4.69, 9.17) is 0 Å². The molecule has 2 aromatic carbocycles. The molecule has 5 N–H and O–H groups in total. The van der Waals surface area contributed by atoms with Gasteiger partial charge in [0.15, 0.2) is 11.8 Å². The second kappa shape index (κ2) is 7.07. The number of alkyl halides is 3. The first-order valence-corrected chi connectivity index (χ1v) is 10.8. The first-order chi connectivity index (χ1) is 16.3. The predicted molar refractivity (Wildman–Crippen MR) is 122 cm³/mol. The van der Waals surface area contributed by atoms with Crippen molar-refractivity contribution >= 4 is 21.8 Å². The van der Waals surface area contributed by atoms with Crippen molar-refractivity contribution in [1.82, 2.24) is 14.5 Å². The van der Waals surface area contributed by atoms with Gasteiger partial charge in [-0.05, 0) is 24.1 Å². The van der Waals surface area contributed by atoms with E-state index >= 15 is 0 Å². The van der Waals surface area contributed by atoms with Gasteiger partial charge in [0.25, 0.3) is 0 Å². The fourth-order valence-corrected chi connectivity index (χ4v) is 5.23. The number of H-pyrrole nitrogens is 2. The van der Waals surface area contributed by atoms with E-state index in [0.717, 1.165) is 35.0 Å². The zero-order valence-electron chi connectivity index (χ0n) is 17.7. The molecule has 3 aromatic heterocycles. The van der Waals surface area contributed by atoms with Gasteiger partial charge >= 0.3 is 6.18 Å². The van der Waals surface area contributed by atoms with Crippen molar-refractivity contribution in [2.24, 2.45) is 5.92 Å². The molecule has 0 radical (unpaired) electrons. The standard InChI is InChI=1S/C25H20F3N3O3/c26-25(27,28)14-4-5-15-17(8-29-19(15)7-14)20-21(24(34)30-23(20)33)18-10-31-9-12(11-32)6-13-2-1-3-16(18)22(13)31/h1-5,7-8,10,12,29-30,32-34H,6,9,11H2. The molecule has 5 aromatic rings. The van der Waals surface area contributed by atoms with E-state index < -0.39 is 11.7 Å². The van der Waals surface area contributed by atoms with Gasteiger partial charge in [0, 0.05) is 58.9 Å². The molecule has 0 fully saturated rings. The number of rotatable bonds is 3. The summed E-state index contributed by atoms with van der Waals surface area (Å²) in [5.41, 5.74) is 3.39. The Bertz CT molecular complexity index is 1580. The topological polar surface area (TPSA) is 97.2 Å². The molecule has 174 valence electrons. The number of aliphatic hydroxyl groups is 1. The Morgan fingerprint density at radius 3 is 2.50 bits per heavy atom. The Hall–Kier alpha value is -3.85. The quantitative estimate of drug-likeness (QED) is 0.247. The van der Waals surface area contributed by atoms with E-state index in [-0.39, 0.29) is 29.8 Å². The first kappa shape index (κ1) is 20.7. The van der Waals surface area contributed by atoms with E-state index in [9.17, 15) is 28.5 Å². The Kier molecular flexibility index (Phi) is 4.31. The number of aromatic amines is 2. The van der Waals surface area contributed by atoms with Crippen LogP contribution in [-0.2, 0) is 19.1 Å². The third-order valence-corrected chi connectivity index (χ3v) is 6.71. The van der Waals surface area contributed by atoms with Gasteiger partial charge in [-0.15, -0.1) is 0 Å². The van der Waals surface area contributed by atoms with Crippen LogP contribution in [-0.4, -0.2) is 36.5 Å². The number of nitrogens with one attached hydrogen (secondary N) is 2. The van der Waals surface area contributed by atoms with Crippen LogP contribution in [0, 0.1) is 5.92 Å².